The predicted octanol–water partition coefficient (Wildman–Crippen LogP) is 4.89. The monoisotopic (exact) mass is 407 g/mol. The third-order valence-corrected chi connectivity index (χ3v) is 5.74. The first-order valence-corrected chi connectivity index (χ1v) is 10.6. The number of methoxy groups -OCH3 is 1. The zero-order chi connectivity index (χ0) is 21.9. The Bertz CT molecular complexity index is 916. The van der Waals surface area contributed by atoms with Gasteiger partial charge in [0.25, 0.3) is 0 Å². The second-order valence-electron chi connectivity index (χ2n) is 9.02. The number of carbonyl (C=O) groups is 1. The highest BCUT2D eigenvalue weighted by Gasteiger charge is 2.37. The zero-order valence-corrected chi connectivity index (χ0v) is 18.9. The summed E-state index contributed by atoms with van der Waals surface area (Å²) in [5.74, 6) is 1.11. The van der Waals surface area contributed by atoms with E-state index in [1.165, 1.54) is 11.3 Å². The lowest BCUT2D eigenvalue weighted by molar-refractivity contribution is -0.120. The smallest absolute Gasteiger partial charge is 0.244 e. The van der Waals surface area contributed by atoms with Gasteiger partial charge >= 0.3 is 0 Å². The molecule has 5 heteroatoms. The molecular weight excluding hydrogens is 374 g/mol. The minimum absolute atomic E-state index is 0.131. The summed E-state index contributed by atoms with van der Waals surface area (Å²) in [6, 6.07) is 14.4. The van der Waals surface area contributed by atoms with Gasteiger partial charge in [0.15, 0.2) is 0 Å². The number of carbonyl (C=O) groups excluding carboxylic acids is 1. The molecule has 1 aliphatic heterocycles. The molecule has 1 heterocycles. The first-order chi connectivity index (χ1) is 14.2. The van der Waals surface area contributed by atoms with Crippen molar-refractivity contribution in [2.45, 2.75) is 65.0 Å². The third kappa shape index (κ3) is 4.84. The van der Waals surface area contributed by atoms with E-state index in [-0.39, 0.29) is 17.9 Å². The minimum Gasteiger partial charge on any atom is -0.497 e. The molecule has 160 valence electrons. The standard InChI is InChI=1S/C25H33N3O2/c1-17(2)28-23-12-9-20(13-22(23)18(3)15-25(28,4)5)16-26-27-24(29)14-19-7-10-21(30-6)11-8-19/h7-13,16-18H,14-15H2,1-6H3,(H,27,29)/b26-16+/t18-/m0/s1. The fraction of sp³-hybridized carbons (Fsp3) is 0.440. The summed E-state index contributed by atoms with van der Waals surface area (Å²) in [6.07, 6.45) is 3.11. The zero-order valence-electron chi connectivity index (χ0n) is 18.9. The normalized spacial score (nSPS) is 17.8. The van der Waals surface area contributed by atoms with Crippen molar-refractivity contribution in [3.05, 3.63) is 59.2 Å². The number of anilines is 1. The number of rotatable bonds is 6. The molecule has 0 unspecified atom stereocenters. The van der Waals surface area contributed by atoms with Gasteiger partial charge in [-0.05, 0) is 81.0 Å². The van der Waals surface area contributed by atoms with E-state index < -0.39 is 0 Å². The summed E-state index contributed by atoms with van der Waals surface area (Å²) in [6.45, 7) is 11.4. The summed E-state index contributed by atoms with van der Waals surface area (Å²) in [4.78, 5) is 14.7. The van der Waals surface area contributed by atoms with Crippen LogP contribution in [0.25, 0.3) is 0 Å². The molecule has 2 aromatic carbocycles. The van der Waals surface area contributed by atoms with Crippen LogP contribution in [-0.4, -0.2) is 30.8 Å². The Labute approximate surface area is 180 Å². The summed E-state index contributed by atoms with van der Waals surface area (Å²) >= 11 is 0. The molecule has 1 aliphatic rings. The first kappa shape index (κ1) is 21.9. The Morgan fingerprint density at radius 1 is 1.27 bits per heavy atom. The molecule has 2 aromatic rings. The van der Waals surface area contributed by atoms with E-state index >= 15 is 0 Å². The average Bonchev–Trinajstić information content (AvgIpc) is 2.68. The van der Waals surface area contributed by atoms with Crippen LogP contribution in [0, 0.1) is 0 Å². The summed E-state index contributed by atoms with van der Waals surface area (Å²) in [7, 11) is 1.62. The van der Waals surface area contributed by atoms with Crippen molar-refractivity contribution in [3.63, 3.8) is 0 Å². The molecule has 1 amide bonds. The Hall–Kier alpha value is -2.82. The van der Waals surface area contributed by atoms with Gasteiger partial charge in [-0.3, -0.25) is 4.79 Å². The van der Waals surface area contributed by atoms with Crippen LogP contribution in [0.3, 0.4) is 0 Å². The number of ether oxygens (including phenoxy) is 1. The maximum absolute atomic E-state index is 12.2. The van der Waals surface area contributed by atoms with Gasteiger partial charge < -0.3 is 9.64 Å². The molecular formula is C25H33N3O2. The van der Waals surface area contributed by atoms with Crippen LogP contribution in [0.2, 0.25) is 0 Å². The van der Waals surface area contributed by atoms with Crippen LogP contribution < -0.4 is 15.1 Å². The molecule has 1 N–H and O–H groups in total. The van der Waals surface area contributed by atoms with Crippen LogP contribution in [0.1, 0.15) is 63.6 Å². The van der Waals surface area contributed by atoms with E-state index in [0.717, 1.165) is 23.3 Å². The van der Waals surface area contributed by atoms with Gasteiger partial charge in [-0.2, -0.15) is 5.10 Å². The average molecular weight is 408 g/mol. The number of fused-ring (bicyclic) bond motifs is 1. The maximum atomic E-state index is 12.2. The van der Waals surface area contributed by atoms with Crippen molar-refractivity contribution >= 4 is 17.8 Å². The fourth-order valence-electron chi connectivity index (χ4n) is 4.68. The molecule has 0 radical (unpaired) electrons. The molecule has 0 aliphatic carbocycles. The number of nitrogens with one attached hydrogen (secondary N) is 1. The van der Waals surface area contributed by atoms with E-state index in [9.17, 15) is 4.79 Å². The lowest BCUT2D eigenvalue weighted by Crippen LogP contribution is -2.51. The van der Waals surface area contributed by atoms with Crippen molar-refractivity contribution in [2.75, 3.05) is 12.0 Å². The molecule has 0 bridgehead atoms. The minimum atomic E-state index is -0.143. The number of nitrogens with zero attached hydrogens (tertiary/aromatic N) is 2. The third-order valence-electron chi connectivity index (χ3n) is 5.74. The SMILES string of the molecule is COc1ccc(CC(=O)N/N=C/c2ccc3c(c2)[C@@H](C)CC(C)(C)N3C(C)C)cc1. The van der Waals surface area contributed by atoms with Gasteiger partial charge in [-0.25, -0.2) is 5.43 Å². The van der Waals surface area contributed by atoms with Crippen molar-refractivity contribution in [2.24, 2.45) is 5.10 Å². The highest BCUT2D eigenvalue weighted by atomic mass is 16.5. The highest BCUT2D eigenvalue weighted by Crippen LogP contribution is 2.44. The van der Waals surface area contributed by atoms with Crippen LogP contribution in [0.5, 0.6) is 5.75 Å². The van der Waals surface area contributed by atoms with Gasteiger partial charge in [0.05, 0.1) is 19.7 Å². The molecule has 3 rings (SSSR count). The van der Waals surface area contributed by atoms with Gasteiger partial charge in [-0.1, -0.05) is 25.1 Å². The highest BCUT2D eigenvalue weighted by molar-refractivity contribution is 5.84. The quantitative estimate of drug-likeness (QED) is 0.548. The molecule has 0 saturated carbocycles. The summed E-state index contributed by atoms with van der Waals surface area (Å²) in [5.41, 5.74) is 7.32. The molecule has 1 atom stereocenters. The number of hydrazone groups is 1. The molecule has 0 saturated heterocycles. The largest absolute Gasteiger partial charge is 0.497 e. The lowest BCUT2D eigenvalue weighted by Gasteiger charge is -2.50. The Morgan fingerprint density at radius 2 is 1.97 bits per heavy atom. The molecule has 5 nitrogen and oxygen atoms in total. The van der Waals surface area contributed by atoms with Crippen LogP contribution in [0.4, 0.5) is 5.69 Å². The molecule has 30 heavy (non-hydrogen) atoms. The number of hydrogen-bond donors (Lipinski definition) is 1. The van der Waals surface area contributed by atoms with E-state index in [0.29, 0.717) is 12.0 Å². The summed E-state index contributed by atoms with van der Waals surface area (Å²) in [5, 5.41) is 4.17. The molecule has 0 fully saturated rings. The van der Waals surface area contributed by atoms with E-state index in [1.807, 2.05) is 24.3 Å². The van der Waals surface area contributed by atoms with Gasteiger partial charge in [0, 0.05) is 17.3 Å². The van der Waals surface area contributed by atoms with Gasteiger partial charge in [0.2, 0.25) is 5.91 Å². The number of amides is 1. The maximum Gasteiger partial charge on any atom is 0.244 e. The lowest BCUT2D eigenvalue weighted by atomic mass is 9.79. The Balaban J connectivity index is 1.68. The summed E-state index contributed by atoms with van der Waals surface area (Å²) < 4.78 is 5.14. The number of hydrogen-bond acceptors (Lipinski definition) is 4. The van der Waals surface area contributed by atoms with Crippen LogP contribution in [-0.2, 0) is 11.2 Å². The van der Waals surface area contributed by atoms with Gasteiger partial charge in [0.1, 0.15) is 5.75 Å². The predicted molar refractivity (Wildman–Crippen MR) is 124 cm³/mol. The first-order valence-electron chi connectivity index (χ1n) is 10.6. The second kappa shape index (κ2) is 8.90. The van der Waals surface area contributed by atoms with Crippen molar-refractivity contribution in [1.29, 1.82) is 0 Å². The van der Waals surface area contributed by atoms with E-state index in [1.54, 1.807) is 13.3 Å². The second-order valence-corrected chi connectivity index (χ2v) is 9.02. The van der Waals surface area contributed by atoms with Crippen molar-refractivity contribution in [3.8, 4) is 5.75 Å². The van der Waals surface area contributed by atoms with Crippen molar-refractivity contribution < 1.29 is 9.53 Å². The fourth-order valence-corrected chi connectivity index (χ4v) is 4.68. The van der Waals surface area contributed by atoms with Crippen molar-refractivity contribution in [1.82, 2.24) is 5.43 Å². The van der Waals surface area contributed by atoms with E-state index in [4.69, 9.17) is 4.74 Å². The molecule has 0 spiro atoms. The van der Waals surface area contributed by atoms with Crippen LogP contribution in [0.15, 0.2) is 47.6 Å². The Morgan fingerprint density at radius 3 is 2.60 bits per heavy atom. The number of benzene rings is 2. The van der Waals surface area contributed by atoms with E-state index in [2.05, 4.69) is 68.2 Å². The van der Waals surface area contributed by atoms with Crippen LogP contribution >= 0.6 is 0 Å². The molecule has 0 aromatic heterocycles. The Kier molecular flexibility index (Phi) is 6.49. The topological polar surface area (TPSA) is 53.9 Å². The van der Waals surface area contributed by atoms with Gasteiger partial charge in [-0.15, -0.1) is 0 Å².